The molecule has 0 atom stereocenters. The molecule has 0 saturated heterocycles. The molecule has 0 N–H and O–H groups in total. The van der Waals surface area contributed by atoms with Crippen LogP contribution in [0.1, 0.15) is 0 Å². The molecule has 0 rings (SSSR count). The van der Waals surface area contributed by atoms with Crippen molar-refractivity contribution in [2.24, 2.45) is 0 Å². The monoisotopic (exact) mass is 139 g/mol. The van der Waals surface area contributed by atoms with Crippen LogP contribution in [0.25, 0.3) is 0 Å². The van der Waals surface area contributed by atoms with Crippen LogP contribution >= 0.6 is 11.6 Å². The van der Waals surface area contributed by atoms with Gasteiger partial charge < -0.3 is 0 Å². The van der Waals surface area contributed by atoms with Crippen molar-refractivity contribution in [1.29, 1.82) is 0 Å². The van der Waals surface area contributed by atoms with Gasteiger partial charge in [0.25, 0.3) is 0 Å². The van der Waals surface area contributed by atoms with Gasteiger partial charge in [0.2, 0.25) is 0 Å². The Bertz CT molecular complexity index is 109. The Morgan fingerprint density at radius 2 is 1.50 bits per heavy atom. The van der Waals surface area contributed by atoms with E-state index in [2.05, 4.69) is 11.6 Å². The molecule has 7 heteroatoms. The first-order valence-corrected chi connectivity index (χ1v) is 1.74. The summed E-state index contributed by atoms with van der Waals surface area (Å²) < 4.78 is 0. The molecule has 0 spiro atoms. The van der Waals surface area contributed by atoms with Crippen LogP contribution in [0.3, 0.4) is 0 Å². The lowest BCUT2D eigenvalue weighted by Crippen LogP contribution is -2.12. The van der Waals surface area contributed by atoms with E-state index in [1.807, 2.05) is 0 Å². The molecule has 45 valence electrons. The van der Waals surface area contributed by atoms with Crippen molar-refractivity contribution in [3.05, 3.63) is 25.9 Å². The topological polar surface area (TPSA) is 86.3 Å². The summed E-state index contributed by atoms with van der Waals surface area (Å²) in [6, 6.07) is 0. The molecule has 0 fully saturated rings. The normalized spacial score (nSPS) is 9.25. The minimum atomic E-state index is -1.48. The molecule has 0 aliphatic heterocycles. The number of nitro groups is 2. The molecule has 0 aromatic heterocycles. The van der Waals surface area contributed by atoms with Crippen molar-refractivity contribution in [1.82, 2.24) is 0 Å². The van der Waals surface area contributed by atoms with E-state index in [0.29, 0.717) is 0 Å². The average molecular weight is 139 g/mol. The molecule has 0 saturated carbocycles. The largest absolute Gasteiger partial charge is 0.694 e. The van der Waals surface area contributed by atoms with E-state index < -0.39 is 15.5 Å². The molecule has 0 aliphatic carbocycles. The van der Waals surface area contributed by atoms with E-state index in [-0.39, 0.29) is 0 Å². The zero-order valence-electron chi connectivity index (χ0n) is 3.41. The lowest BCUT2D eigenvalue weighted by molar-refractivity contribution is -0.648. The Hall–Kier alpha value is -0.910. The van der Waals surface area contributed by atoms with Crippen LogP contribution in [-0.4, -0.2) is 9.85 Å². The number of nitrogens with zero attached hydrogens (tertiary/aromatic N) is 2. The zero-order valence-corrected chi connectivity index (χ0v) is 4.16. The van der Waals surface area contributed by atoms with E-state index in [1.54, 1.807) is 0 Å². The quantitative estimate of drug-likeness (QED) is 0.311. The highest BCUT2D eigenvalue weighted by Gasteiger charge is 2.35. The van der Waals surface area contributed by atoms with Gasteiger partial charge in [0, 0.05) is 0 Å². The molecule has 0 bridgehead atoms. The standard InChI is InChI=1S/CClN2O4/c2-1(3(5)6)4(7)8. The molecular weight excluding hydrogens is 139 g/mol. The first-order chi connectivity index (χ1) is 3.55. The molecule has 0 unspecified atom stereocenters. The minimum absolute atomic E-state index is 1.28. The fourth-order valence-electron chi connectivity index (χ4n) is 0.0667. The molecule has 0 aromatic rings. The Morgan fingerprint density at radius 1 is 1.25 bits per heavy atom. The summed E-state index contributed by atoms with van der Waals surface area (Å²) in [6.45, 7) is 0. The highest BCUT2D eigenvalue weighted by Crippen LogP contribution is 2.05. The van der Waals surface area contributed by atoms with Gasteiger partial charge in [-0.1, -0.05) is 0 Å². The van der Waals surface area contributed by atoms with E-state index in [9.17, 15) is 20.2 Å². The number of hydrogen-bond acceptors (Lipinski definition) is 4. The molecule has 0 aromatic carbocycles. The Labute approximate surface area is 48.3 Å². The third-order valence-electron chi connectivity index (χ3n) is 0.301. The van der Waals surface area contributed by atoms with Crippen molar-refractivity contribution >= 4 is 11.6 Å². The van der Waals surface area contributed by atoms with Gasteiger partial charge in [-0.15, -0.1) is 0 Å². The highest BCUT2D eigenvalue weighted by molar-refractivity contribution is 6.23. The molecule has 0 heterocycles. The number of halogens is 1. The third-order valence-corrected chi connectivity index (χ3v) is 0.577. The predicted molar refractivity (Wildman–Crippen MR) is 23.1 cm³/mol. The minimum Gasteiger partial charge on any atom is -0.257 e. The molecule has 6 nitrogen and oxygen atoms in total. The lowest BCUT2D eigenvalue weighted by atomic mass is 11.2. The van der Waals surface area contributed by atoms with E-state index >= 15 is 0 Å². The molecule has 8 heavy (non-hydrogen) atoms. The maximum absolute atomic E-state index is 9.34. The van der Waals surface area contributed by atoms with Gasteiger partial charge in [0.05, 0.1) is 11.6 Å². The first-order valence-electron chi connectivity index (χ1n) is 1.37. The van der Waals surface area contributed by atoms with E-state index in [0.717, 1.165) is 0 Å². The van der Waals surface area contributed by atoms with Gasteiger partial charge in [-0.2, -0.15) is 0 Å². The SMILES string of the molecule is O=[N+]([O-])[C](Cl)[N+](=O)[O-]. The molecule has 0 amide bonds. The summed E-state index contributed by atoms with van der Waals surface area (Å²) in [7, 11) is 0. The summed E-state index contributed by atoms with van der Waals surface area (Å²) in [5.41, 5.74) is -1.48. The Balaban J connectivity index is 3.83. The summed E-state index contributed by atoms with van der Waals surface area (Å²) in [4.78, 5) is 16.1. The second-order valence-electron chi connectivity index (χ2n) is 0.783. The number of rotatable bonds is 2. The van der Waals surface area contributed by atoms with Gasteiger partial charge >= 0.3 is 5.62 Å². The first kappa shape index (κ1) is 7.09. The van der Waals surface area contributed by atoms with Crippen LogP contribution in [0.2, 0.25) is 0 Å². The fourth-order valence-corrected chi connectivity index (χ4v) is 0.0667. The second kappa shape index (κ2) is 2.41. The van der Waals surface area contributed by atoms with E-state index in [4.69, 9.17) is 0 Å². The van der Waals surface area contributed by atoms with Crippen LogP contribution in [0.5, 0.6) is 0 Å². The maximum Gasteiger partial charge on any atom is 0.694 e. The van der Waals surface area contributed by atoms with E-state index in [1.165, 1.54) is 0 Å². The van der Waals surface area contributed by atoms with Crippen molar-refractivity contribution in [3.63, 3.8) is 0 Å². The highest BCUT2D eigenvalue weighted by atomic mass is 35.5. The van der Waals surface area contributed by atoms with Gasteiger partial charge in [0.1, 0.15) is 9.85 Å². The van der Waals surface area contributed by atoms with Crippen LogP contribution in [0.4, 0.5) is 0 Å². The van der Waals surface area contributed by atoms with Crippen molar-refractivity contribution < 1.29 is 9.85 Å². The summed E-state index contributed by atoms with van der Waals surface area (Å²) in [5.74, 6) is 0. The van der Waals surface area contributed by atoms with Crippen molar-refractivity contribution in [2.75, 3.05) is 0 Å². The molecular formula is CClN2O4. The van der Waals surface area contributed by atoms with Crippen LogP contribution in [0, 0.1) is 25.9 Å². The molecule has 1 radical (unpaired) electrons. The second-order valence-corrected chi connectivity index (χ2v) is 1.12. The predicted octanol–water partition coefficient (Wildman–Crippen LogP) is 0.226. The average Bonchev–Trinajstić information content (AvgIpc) is 1.64. The third kappa shape index (κ3) is 1.69. The van der Waals surface area contributed by atoms with Crippen LogP contribution < -0.4 is 0 Å². The lowest BCUT2D eigenvalue weighted by Gasteiger charge is -1.83. The van der Waals surface area contributed by atoms with Gasteiger partial charge in [-0.25, -0.2) is 0 Å². The molecule has 0 aliphatic rings. The van der Waals surface area contributed by atoms with Crippen LogP contribution in [-0.2, 0) is 0 Å². The number of hydrogen-bond donors (Lipinski definition) is 0. The fraction of sp³-hybridized carbons (Fsp3) is 0. The zero-order chi connectivity index (χ0) is 6.73. The Kier molecular flexibility index (Phi) is 2.14. The van der Waals surface area contributed by atoms with Crippen LogP contribution in [0.15, 0.2) is 0 Å². The summed E-state index contributed by atoms with van der Waals surface area (Å²) in [5, 5.41) is 18.7. The van der Waals surface area contributed by atoms with Crippen molar-refractivity contribution in [3.8, 4) is 0 Å². The summed E-state index contributed by atoms with van der Waals surface area (Å²) in [6.07, 6.45) is 0. The smallest absolute Gasteiger partial charge is 0.257 e. The van der Waals surface area contributed by atoms with Crippen molar-refractivity contribution in [2.45, 2.75) is 0 Å². The summed E-state index contributed by atoms with van der Waals surface area (Å²) >= 11 is 4.47. The van der Waals surface area contributed by atoms with Gasteiger partial charge in [0.15, 0.2) is 0 Å². The Morgan fingerprint density at radius 3 is 1.50 bits per heavy atom. The maximum atomic E-state index is 9.34. The van der Waals surface area contributed by atoms with Gasteiger partial charge in [-0.3, -0.25) is 20.2 Å². The van der Waals surface area contributed by atoms with Gasteiger partial charge in [-0.05, 0) is 0 Å².